The Hall–Kier alpha value is -3.03. The van der Waals surface area contributed by atoms with E-state index in [1.165, 1.54) is 0 Å². The molecule has 0 aliphatic carbocycles. The van der Waals surface area contributed by atoms with Gasteiger partial charge in [-0.2, -0.15) is 0 Å². The van der Waals surface area contributed by atoms with Gasteiger partial charge in [-0.1, -0.05) is 35.5 Å². The first-order valence-corrected chi connectivity index (χ1v) is 9.76. The quantitative estimate of drug-likeness (QED) is 0.696. The summed E-state index contributed by atoms with van der Waals surface area (Å²) in [7, 11) is 0. The number of carbonyl (C=O) groups is 1. The summed E-state index contributed by atoms with van der Waals surface area (Å²) in [5.74, 6) is -0.141. The molecule has 2 heterocycles. The van der Waals surface area contributed by atoms with Crippen LogP contribution in [0, 0.1) is 6.92 Å². The molecule has 1 aliphatic heterocycles. The topological polar surface area (TPSA) is 78.3 Å². The zero-order chi connectivity index (χ0) is 20.1. The van der Waals surface area contributed by atoms with Crippen LogP contribution >= 0.6 is 0 Å². The van der Waals surface area contributed by atoms with Crippen molar-refractivity contribution in [2.75, 3.05) is 25.1 Å². The second-order valence-electron chi connectivity index (χ2n) is 7.07. The maximum atomic E-state index is 12.7. The van der Waals surface area contributed by atoms with Crippen LogP contribution in [0.5, 0.6) is 0 Å². The van der Waals surface area contributed by atoms with E-state index in [1.807, 2.05) is 61.7 Å². The Morgan fingerprint density at radius 3 is 2.86 bits per heavy atom. The standard InChI is InChI=1S/C22H24N4O3/c1-16-7-8-17(13-20(16)22(27)23-18-5-3-2-4-6-18)21-14-26(25-24-21)10-9-19-15-28-11-12-29-19/h2-8,13-14,19H,9-12,15H2,1H3,(H,23,27). The van der Waals surface area contributed by atoms with Crippen LogP contribution in [-0.2, 0) is 16.0 Å². The van der Waals surface area contributed by atoms with Gasteiger partial charge < -0.3 is 14.8 Å². The number of nitrogens with zero attached hydrogens (tertiary/aromatic N) is 3. The Morgan fingerprint density at radius 2 is 2.07 bits per heavy atom. The molecule has 3 aromatic rings. The molecular weight excluding hydrogens is 368 g/mol. The fourth-order valence-electron chi connectivity index (χ4n) is 3.27. The molecule has 1 aromatic heterocycles. The molecule has 0 bridgehead atoms. The molecule has 1 saturated heterocycles. The average molecular weight is 392 g/mol. The predicted octanol–water partition coefficient (Wildman–Crippen LogP) is 3.31. The fraction of sp³-hybridized carbons (Fsp3) is 0.318. The third kappa shape index (κ3) is 4.88. The highest BCUT2D eigenvalue weighted by molar-refractivity contribution is 6.05. The Labute approximate surface area is 169 Å². The monoisotopic (exact) mass is 392 g/mol. The van der Waals surface area contributed by atoms with E-state index < -0.39 is 0 Å². The zero-order valence-electron chi connectivity index (χ0n) is 16.4. The van der Waals surface area contributed by atoms with Crippen LogP contribution in [0.3, 0.4) is 0 Å². The van der Waals surface area contributed by atoms with E-state index in [4.69, 9.17) is 9.47 Å². The summed E-state index contributed by atoms with van der Waals surface area (Å²) in [6, 6.07) is 15.2. The third-order valence-corrected chi connectivity index (χ3v) is 4.91. The van der Waals surface area contributed by atoms with Crippen molar-refractivity contribution in [3.63, 3.8) is 0 Å². The van der Waals surface area contributed by atoms with Gasteiger partial charge in [-0.25, -0.2) is 0 Å². The number of amides is 1. The molecule has 0 radical (unpaired) electrons. The van der Waals surface area contributed by atoms with Crippen LogP contribution in [0.25, 0.3) is 11.3 Å². The number of nitrogens with one attached hydrogen (secondary N) is 1. The van der Waals surface area contributed by atoms with Gasteiger partial charge >= 0.3 is 0 Å². The first-order valence-electron chi connectivity index (χ1n) is 9.76. The van der Waals surface area contributed by atoms with Crippen LogP contribution in [0.2, 0.25) is 0 Å². The lowest BCUT2D eigenvalue weighted by Crippen LogP contribution is -2.29. The molecule has 7 nitrogen and oxygen atoms in total. The van der Waals surface area contributed by atoms with E-state index in [0.717, 1.165) is 28.9 Å². The van der Waals surface area contributed by atoms with E-state index in [1.54, 1.807) is 4.68 Å². The van der Waals surface area contributed by atoms with Crippen molar-refractivity contribution >= 4 is 11.6 Å². The summed E-state index contributed by atoms with van der Waals surface area (Å²) in [5, 5.41) is 11.4. The Kier molecular flexibility index (Phi) is 5.97. The number of para-hydroxylation sites is 1. The molecule has 150 valence electrons. The van der Waals surface area contributed by atoms with Gasteiger partial charge in [0.15, 0.2) is 0 Å². The number of carbonyl (C=O) groups excluding carboxylic acids is 1. The van der Waals surface area contributed by atoms with Crippen molar-refractivity contribution in [1.82, 2.24) is 15.0 Å². The highest BCUT2D eigenvalue weighted by atomic mass is 16.6. The lowest BCUT2D eigenvalue weighted by atomic mass is 10.0. The van der Waals surface area contributed by atoms with Crippen molar-refractivity contribution in [3.8, 4) is 11.3 Å². The summed E-state index contributed by atoms with van der Waals surface area (Å²) in [4.78, 5) is 12.7. The van der Waals surface area contributed by atoms with E-state index in [0.29, 0.717) is 31.9 Å². The molecule has 0 saturated carbocycles. The number of ether oxygens (including phenoxy) is 2. The number of rotatable bonds is 6. The summed E-state index contributed by atoms with van der Waals surface area (Å²) in [5.41, 5.74) is 3.89. The second-order valence-corrected chi connectivity index (χ2v) is 7.07. The lowest BCUT2D eigenvalue weighted by molar-refractivity contribution is -0.0920. The van der Waals surface area contributed by atoms with Gasteiger partial charge in [0.25, 0.3) is 5.91 Å². The van der Waals surface area contributed by atoms with E-state index in [9.17, 15) is 4.79 Å². The Morgan fingerprint density at radius 1 is 1.21 bits per heavy atom. The zero-order valence-corrected chi connectivity index (χ0v) is 16.4. The molecule has 1 unspecified atom stereocenters. The van der Waals surface area contributed by atoms with Crippen LogP contribution in [0.4, 0.5) is 5.69 Å². The molecule has 1 atom stereocenters. The average Bonchev–Trinajstić information content (AvgIpc) is 3.23. The number of aromatic nitrogens is 3. The molecule has 7 heteroatoms. The normalized spacial score (nSPS) is 16.5. The number of hydrogen-bond donors (Lipinski definition) is 1. The Bertz CT molecular complexity index is 965. The van der Waals surface area contributed by atoms with Gasteiger partial charge in [0, 0.05) is 23.4 Å². The molecular formula is C22H24N4O3. The van der Waals surface area contributed by atoms with Crippen LogP contribution < -0.4 is 5.32 Å². The smallest absolute Gasteiger partial charge is 0.255 e. The van der Waals surface area contributed by atoms with Crippen LogP contribution in [0.15, 0.2) is 54.7 Å². The van der Waals surface area contributed by atoms with Gasteiger partial charge in [-0.3, -0.25) is 9.48 Å². The summed E-state index contributed by atoms with van der Waals surface area (Å²) in [6.07, 6.45) is 2.82. The SMILES string of the molecule is Cc1ccc(-c2cn(CCC3COCCO3)nn2)cc1C(=O)Nc1ccccc1. The minimum atomic E-state index is -0.141. The summed E-state index contributed by atoms with van der Waals surface area (Å²) in [6.45, 7) is 4.56. The van der Waals surface area contributed by atoms with Gasteiger partial charge in [0.05, 0.1) is 32.1 Å². The minimum absolute atomic E-state index is 0.101. The van der Waals surface area contributed by atoms with E-state index in [-0.39, 0.29) is 12.0 Å². The second kappa shape index (κ2) is 8.98. The molecule has 2 aromatic carbocycles. The largest absolute Gasteiger partial charge is 0.376 e. The molecule has 1 aliphatic rings. The van der Waals surface area contributed by atoms with Crippen molar-refractivity contribution in [2.45, 2.75) is 26.0 Å². The van der Waals surface area contributed by atoms with Crippen molar-refractivity contribution in [1.29, 1.82) is 0 Å². The Balaban J connectivity index is 1.45. The molecule has 0 spiro atoms. The minimum Gasteiger partial charge on any atom is -0.376 e. The summed E-state index contributed by atoms with van der Waals surface area (Å²) < 4.78 is 12.9. The number of hydrogen-bond acceptors (Lipinski definition) is 5. The molecule has 1 amide bonds. The third-order valence-electron chi connectivity index (χ3n) is 4.91. The summed E-state index contributed by atoms with van der Waals surface area (Å²) >= 11 is 0. The highest BCUT2D eigenvalue weighted by Gasteiger charge is 2.16. The van der Waals surface area contributed by atoms with Crippen molar-refractivity contribution in [3.05, 3.63) is 65.9 Å². The van der Waals surface area contributed by atoms with Gasteiger partial charge in [0.1, 0.15) is 5.69 Å². The lowest BCUT2D eigenvalue weighted by Gasteiger charge is -2.22. The number of benzene rings is 2. The molecule has 1 N–H and O–H groups in total. The molecule has 29 heavy (non-hydrogen) atoms. The molecule has 1 fully saturated rings. The predicted molar refractivity (Wildman–Crippen MR) is 110 cm³/mol. The number of aryl methyl sites for hydroxylation is 2. The number of anilines is 1. The van der Waals surface area contributed by atoms with Gasteiger partial charge in [-0.05, 0) is 37.1 Å². The van der Waals surface area contributed by atoms with E-state index >= 15 is 0 Å². The van der Waals surface area contributed by atoms with Crippen LogP contribution in [0.1, 0.15) is 22.3 Å². The van der Waals surface area contributed by atoms with Crippen molar-refractivity contribution < 1.29 is 14.3 Å². The first kappa shape index (κ1) is 19.3. The van der Waals surface area contributed by atoms with Gasteiger partial charge in [0.2, 0.25) is 0 Å². The van der Waals surface area contributed by atoms with Crippen LogP contribution in [-0.4, -0.2) is 46.8 Å². The highest BCUT2D eigenvalue weighted by Crippen LogP contribution is 2.22. The maximum Gasteiger partial charge on any atom is 0.255 e. The first-order chi connectivity index (χ1) is 14.2. The molecule has 4 rings (SSSR count). The fourth-order valence-corrected chi connectivity index (χ4v) is 3.27. The maximum absolute atomic E-state index is 12.7. The van der Waals surface area contributed by atoms with E-state index in [2.05, 4.69) is 15.6 Å². The van der Waals surface area contributed by atoms with Gasteiger partial charge in [-0.15, -0.1) is 5.10 Å². The van der Waals surface area contributed by atoms with Crippen molar-refractivity contribution in [2.24, 2.45) is 0 Å².